The van der Waals surface area contributed by atoms with Gasteiger partial charge in [0, 0.05) is 35.8 Å². The summed E-state index contributed by atoms with van der Waals surface area (Å²) < 4.78 is 10.5. The summed E-state index contributed by atoms with van der Waals surface area (Å²) in [6.45, 7) is 0. The number of hydrogen-bond acceptors (Lipinski definition) is 8. The topological polar surface area (TPSA) is 107 Å². The van der Waals surface area contributed by atoms with Crippen molar-refractivity contribution in [1.82, 2.24) is 15.0 Å². The molecule has 0 saturated heterocycles. The number of methoxy groups -OCH3 is 1. The Morgan fingerprint density at radius 2 is 1.90 bits per heavy atom. The zero-order chi connectivity index (χ0) is 20.2. The molecule has 4 aromatic heterocycles. The van der Waals surface area contributed by atoms with Crippen molar-refractivity contribution in [3.05, 3.63) is 77.3 Å². The lowest BCUT2D eigenvalue weighted by molar-refractivity contribution is 0.102. The first-order valence-electron chi connectivity index (χ1n) is 8.46. The third-order valence-electron chi connectivity index (χ3n) is 3.96. The van der Waals surface area contributed by atoms with E-state index >= 15 is 0 Å². The van der Waals surface area contributed by atoms with E-state index in [2.05, 4.69) is 20.3 Å². The predicted molar refractivity (Wildman–Crippen MR) is 106 cm³/mol. The van der Waals surface area contributed by atoms with Crippen LogP contribution in [0.1, 0.15) is 25.6 Å². The Balaban J connectivity index is 1.71. The second-order valence-electron chi connectivity index (χ2n) is 5.78. The summed E-state index contributed by atoms with van der Waals surface area (Å²) in [4.78, 5) is 38.2. The van der Waals surface area contributed by atoms with Crippen LogP contribution in [0.4, 0.5) is 5.13 Å². The number of amides is 1. The fourth-order valence-corrected chi connectivity index (χ4v) is 3.50. The number of carbonyl (C=O) groups excluding carboxylic acids is 2. The predicted octanol–water partition coefficient (Wildman–Crippen LogP) is 3.69. The number of ketones is 1. The minimum Gasteiger partial charge on any atom is -0.481 e. The lowest BCUT2D eigenvalue weighted by Crippen LogP contribution is -2.11. The van der Waals surface area contributed by atoms with E-state index in [1.165, 1.54) is 32.0 Å². The van der Waals surface area contributed by atoms with Crippen molar-refractivity contribution >= 4 is 28.2 Å². The summed E-state index contributed by atoms with van der Waals surface area (Å²) in [5, 5.41) is 3.00. The van der Waals surface area contributed by atoms with Gasteiger partial charge in [-0.25, -0.2) is 9.97 Å². The lowest BCUT2D eigenvalue weighted by atomic mass is 10.1. The highest BCUT2D eigenvalue weighted by atomic mass is 32.1. The number of furan rings is 1. The Kier molecular flexibility index (Phi) is 5.12. The van der Waals surface area contributed by atoms with Crippen molar-refractivity contribution in [2.24, 2.45) is 0 Å². The second kappa shape index (κ2) is 8.03. The first kappa shape index (κ1) is 18.5. The molecule has 8 nitrogen and oxygen atoms in total. The molecule has 1 N–H and O–H groups in total. The first-order chi connectivity index (χ1) is 14.2. The van der Waals surface area contributed by atoms with Gasteiger partial charge in [0.2, 0.25) is 11.7 Å². The fraction of sp³-hybridized carbons (Fsp3) is 0.0500. The molecule has 0 fully saturated rings. The normalized spacial score (nSPS) is 10.5. The molecular weight excluding hydrogens is 392 g/mol. The minimum absolute atomic E-state index is 0.279. The van der Waals surface area contributed by atoms with E-state index in [1.54, 1.807) is 36.4 Å². The zero-order valence-electron chi connectivity index (χ0n) is 15.2. The number of nitrogens with one attached hydrogen (secondary N) is 1. The third-order valence-corrected chi connectivity index (χ3v) is 4.93. The first-order valence-corrected chi connectivity index (χ1v) is 9.28. The van der Waals surface area contributed by atoms with Gasteiger partial charge < -0.3 is 9.15 Å². The molecule has 4 rings (SSSR count). The molecule has 29 heavy (non-hydrogen) atoms. The Labute approximate surface area is 169 Å². The summed E-state index contributed by atoms with van der Waals surface area (Å²) in [6, 6.07) is 9.72. The van der Waals surface area contributed by atoms with E-state index in [0.717, 1.165) is 11.3 Å². The summed E-state index contributed by atoms with van der Waals surface area (Å²) >= 11 is 1.07. The maximum atomic E-state index is 13.1. The highest BCUT2D eigenvalue weighted by Gasteiger charge is 2.24. The van der Waals surface area contributed by atoms with Gasteiger partial charge in [-0.05, 0) is 30.3 Å². The van der Waals surface area contributed by atoms with Crippen molar-refractivity contribution in [1.29, 1.82) is 0 Å². The second-order valence-corrected chi connectivity index (χ2v) is 6.78. The van der Waals surface area contributed by atoms with E-state index in [1.807, 2.05) is 0 Å². The van der Waals surface area contributed by atoms with Crippen molar-refractivity contribution in [3.8, 4) is 17.3 Å². The molecule has 0 atom stereocenters. The SMILES string of the molecule is COc1cc(C(=O)c2sc(NC(=O)c3ccncc3)nc2-c2ccco2)ccn1. The van der Waals surface area contributed by atoms with Gasteiger partial charge in [0.1, 0.15) is 10.6 Å². The van der Waals surface area contributed by atoms with Crippen LogP contribution in [0.2, 0.25) is 0 Å². The fourth-order valence-electron chi connectivity index (χ4n) is 2.57. The number of pyridine rings is 2. The largest absolute Gasteiger partial charge is 0.481 e. The molecule has 4 aromatic rings. The van der Waals surface area contributed by atoms with E-state index in [-0.39, 0.29) is 16.8 Å². The number of carbonyl (C=O) groups is 2. The van der Waals surface area contributed by atoms with Crippen LogP contribution < -0.4 is 10.1 Å². The van der Waals surface area contributed by atoms with Crippen LogP contribution in [-0.2, 0) is 0 Å². The molecule has 0 aromatic carbocycles. The Hall–Kier alpha value is -3.85. The van der Waals surface area contributed by atoms with Crippen molar-refractivity contribution < 1.29 is 18.7 Å². The monoisotopic (exact) mass is 406 g/mol. The molecule has 0 unspecified atom stereocenters. The number of ether oxygens (including phenoxy) is 1. The van der Waals surface area contributed by atoms with Gasteiger partial charge in [-0.2, -0.15) is 0 Å². The standard InChI is InChI=1S/C20H14N4O4S/c1-27-15-11-13(6-9-22-15)17(25)18-16(14-3-2-10-28-14)23-20(29-18)24-19(26)12-4-7-21-8-5-12/h2-11H,1H3,(H,23,24,26). The highest BCUT2D eigenvalue weighted by molar-refractivity contribution is 7.18. The molecule has 1 amide bonds. The van der Waals surface area contributed by atoms with E-state index in [9.17, 15) is 9.59 Å². The Bertz CT molecular complexity index is 1160. The molecule has 0 aliphatic heterocycles. The maximum absolute atomic E-state index is 13.1. The molecule has 9 heteroatoms. The number of hydrogen-bond donors (Lipinski definition) is 1. The van der Waals surface area contributed by atoms with E-state index in [4.69, 9.17) is 9.15 Å². The van der Waals surface area contributed by atoms with Gasteiger partial charge in [0.25, 0.3) is 5.91 Å². The summed E-state index contributed by atoms with van der Waals surface area (Å²) in [7, 11) is 1.48. The van der Waals surface area contributed by atoms with Crippen LogP contribution in [0.25, 0.3) is 11.5 Å². The average Bonchev–Trinajstić information content (AvgIpc) is 3.44. The van der Waals surface area contributed by atoms with Crippen molar-refractivity contribution in [2.75, 3.05) is 12.4 Å². The highest BCUT2D eigenvalue weighted by Crippen LogP contribution is 2.33. The zero-order valence-corrected chi connectivity index (χ0v) is 16.0. The number of thiazole rings is 1. The smallest absolute Gasteiger partial charge is 0.257 e. The Morgan fingerprint density at radius 3 is 2.62 bits per heavy atom. The molecule has 0 bridgehead atoms. The van der Waals surface area contributed by atoms with Gasteiger partial charge in [0.05, 0.1) is 13.4 Å². The average molecular weight is 406 g/mol. The van der Waals surface area contributed by atoms with Gasteiger partial charge in [-0.15, -0.1) is 0 Å². The number of rotatable bonds is 6. The van der Waals surface area contributed by atoms with Crippen LogP contribution in [0.15, 0.2) is 65.7 Å². The third kappa shape index (κ3) is 3.90. The lowest BCUT2D eigenvalue weighted by Gasteiger charge is -2.02. The molecule has 0 saturated carbocycles. The maximum Gasteiger partial charge on any atom is 0.257 e. The number of anilines is 1. The summed E-state index contributed by atoms with van der Waals surface area (Å²) in [5.74, 6) is 0.122. The molecule has 0 spiro atoms. The van der Waals surface area contributed by atoms with Crippen LogP contribution in [0, 0.1) is 0 Å². The summed E-state index contributed by atoms with van der Waals surface area (Å²) in [6.07, 6.45) is 6.03. The van der Waals surface area contributed by atoms with E-state index in [0.29, 0.717) is 33.3 Å². The Morgan fingerprint density at radius 1 is 1.10 bits per heavy atom. The summed E-state index contributed by atoms with van der Waals surface area (Å²) in [5.41, 5.74) is 1.17. The van der Waals surface area contributed by atoms with Gasteiger partial charge in [0.15, 0.2) is 10.9 Å². The van der Waals surface area contributed by atoms with Gasteiger partial charge >= 0.3 is 0 Å². The molecule has 4 heterocycles. The van der Waals surface area contributed by atoms with Crippen LogP contribution in [0.5, 0.6) is 5.88 Å². The van der Waals surface area contributed by atoms with Crippen molar-refractivity contribution in [2.45, 2.75) is 0 Å². The van der Waals surface area contributed by atoms with Gasteiger partial charge in [-0.3, -0.25) is 19.9 Å². The van der Waals surface area contributed by atoms with Crippen LogP contribution >= 0.6 is 11.3 Å². The molecule has 0 aliphatic carbocycles. The quantitative estimate of drug-likeness (QED) is 0.487. The van der Waals surface area contributed by atoms with Gasteiger partial charge in [-0.1, -0.05) is 11.3 Å². The minimum atomic E-state index is -0.350. The molecule has 0 aliphatic rings. The number of aromatic nitrogens is 3. The molecule has 144 valence electrons. The van der Waals surface area contributed by atoms with Crippen LogP contribution in [-0.4, -0.2) is 33.8 Å². The molecular formula is C20H14N4O4S. The van der Waals surface area contributed by atoms with Crippen LogP contribution in [0.3, 0.4) is 0 Å². The van der Waals surface area contributed by atoms with Crippen molar-refractivity contribution in [3.63, 3.8) is 0 Å². The van der Waals surface area contributed by atoms with E-state index < -0.39 is 0 Å². The number of nitrogens with zero attached hydrogens (tertiary/aromatic N) is 3. The molecule has 0 radical (unpaired) electrons.